The fourth-order valence-corrected chi connectivity index (χ4v) is 1.85. The monoisotopic (exact) mass is 245 g/mol. The van der Waals surface area contributed by atoms with Crippen LogP contribution in [0.1, 0.15) is 19.5 Å². The van der Waals surface area contributed by atoms with E-state index in [9.17, 15) is 4.79 Å². The van der Waals surface area contributed by atoms with Crippen LogP contribution >= 0.6 is 0 Å². The molecule has 1 aromatic heterocycles. The fraction of sp³-hybridized carbons (Fsp3) is 0.357. The molecule has 0 fully saturated rings. The Hall–Kier alpha value is -1.81. The molecule has 1 heterocycles. The Morgan fingerprint density at radius 1 is 1.33 bits per heavy atom. The molecule has 18 heavy (non-hydrogen) atoms. The van der Waals surface area contributed by atoms with E-state index in [1.165, 1.54) is 0 Å². The molecule has 2 rings (SSSR count). The van der Waals surface area contributed by atoms with Gasteiger partial charge in [0.1, 0.15) is 0 Å². The summed E-state index contributed by atoms with van der Waals surface area (Å²) in [6.45, 7) is 5.68. The number of hydrogen-bond donors (Lipinski definition) is 3. The Labute approximate surface area is 107 Å². The standard InChI is InChI=1S/C14H19N3O/c1-8-6-11-7-12(4-5-13(11)16-8)17-14(18)9(2)10(3)15/h4-7,9-10,16H,15H2,1-3H3,(H,17,18). The van der Waals surface area contributed by atoms with Crippen molar-refractivity contribution in [3.8, 4) is 0 Å². The Morgan fingerprint density at radius 2 is 2.06 bits per heavy atom. The summed E-state index contributed by atoms with van der Waals surface area (Å²) in [7, 11) is 0. The lowest BCUT2D eigenvalue weighted by Crippen LogP contribution is -2.34. The molecule has 2 aromatic rings. The number of anilines is 1. The quantitative estimate of drug-likeness (QED) is 0.777. The van der Waals surface area contributed by atoms with Gasteiger partial charge in [0.05, 0.1) is 5.92 Å². The maximum Gasteiger partial charge on any atom is 0.228 e. The highest BCUT2D eigenvalue weighted by Crippen LogP contribution is 2.20. The van der Waals surface area contributed by atoms with Gasteiger partial charge in [-0.25, -0.2) is 0 Å². The van der Waals surface area contributed by atoms with Gasteiger partial charge in [-0.05, 0) is 38.1 Å². The summed E-state index contributed by atoms with van der Waals surface area (Å²) in [4.78, 5) is 15.1. The number of H-pyrrole nitrogens is 1. The second-order valence-electron chi connectivity index (χ2n) is 4.89. The maximum absolute atomic E-state index is 11.9. The number of fused-ring (bicyclic) bond motifs is 1. The van der Waals surface area contributed by atoms with E-state index in [0.717, 1.165) is 22.3 Å². The molecule has 0 saturated heterocycles. The van der Waals surface area contributed by atoms with Gasteiger partial charge in [0, 0.05) is 28.3 Å². The van der Waals surface area contributed by atoms with Gasteiger partial charge in [0.2, 0.25) is 5.91 Å². The molecule has 0 bridgehead atoms. The fourth-order valence-electron chi connectivity index (χ4n) is 1.85. The number of rotatable bonds is 3. The molecule has 4 heteroatoms. The van der Waals surface area contributed by atoms with Gasteiger partial charge in [-0.2, -0.15) is 0 Å². The number of nitrogens with two attached hydrogens (primary N) is 1. The largest absolute Gasteiger partial charge is 0.359 e. The van der Waals surface area contributed by atoms with E-state index in [0.29, 0.717) is 0 Å². The van der Waals surface area contributed by atoms with Crippen molar-refractivity contribution in [2.75, 3.05) is 5.32 Å². The number of aromatic nitrogens is 1. The van der Waals surface area contributed by atoms with Crippen LogP contribution in [-0.2, 0) is 4.79 Å². The predicted octanol–water partition coefficient (Wildman–Crippen LogP) is 2.40. The highest BCUT2D eigenvalue weighted by Gasteiger charge is 2.17. The molecule has 4 nitrogen and oxygen atoms in total. The third-order valence-corrected chi connectivity index (χ3v) is 3.23. The van der Waals surface area contributed by atoms with E-state index in [2.05, 4.69) is 16.4 Å². The van der Waals surface area contributed by atoms with Crippen LogP contribution in [0.3, 0.4) is 0 Å². The number of nitrogens with one attached hydrogen (secondary N) is 2. The highest BCUT2D eigenvalue weighted by molar-refractivity contribution is 5.95. The molecule has 0 aliphatic carbocycles. The highest BCUT2D eigenvalue weighted by atomic mass is 16.1. The SMILES string of the molecule is Cc1cc2cc(NC(=O)C(C)C(C)N)ccc2[nH]1. The third kappa shape index (κ3) is 2.54. The molecule has 0 aliphatic heterocycles. The second-order valence-corrected chi connectivity index (χ2v) is 4.89. The molecule has 0 aliphatic rings. The summed E-state index contributed by atoms with van der Waals surface area (Å²) in [5.74, 6) is -0.245. The van der Waals surface area contributed by atoms with Crippen LogP contribution in [0.4, 0.5) is 5.69 Å². The van der Waals surface area contributed by atoms with Crippen LogP contribution in [0.5, 0.6) is 0 Å². The normalized spacial score (nSPS) is 14.4. The summed E-state index contributed by atoms with van der Waals surface area (Å²) in [6, 6.07) is 7.73. The van der Waals surface area contributed by atoms with E-state index in [1.807, 2.05) is 39.0 Å². The summed E-state index contributed by atoms with van der Waals surface area (Å²) < 4.78 is 0. The van der Waals surface area contributed by atoms with Crippen LogP contribution in [0.2, 0.25) is 0 Å². The van der Waals surface area contributed by atoms with Crippen molar-refractivity contribution < 1.29 is 4.79 Å². The zero-order valence-electron chi connectivity index (χ0n) is 10.9. The average molecular weight is 245 g/mol. The van der Waals surface area contributed by atoms with E-state index >= 15 is 0 Å². The molecule has 2 unspecified atom stereocenters. The van der Waals surface area contributed by atoms with Crippen molar-refractivity contribution in [3.05, 3.63) is 30.0 Å². The van der Waals surface area contributed by atoms with Crippen LogP contribution < -0.4 is 11.1 Å². The third-order valence-electron chi connectivity index (χ3n) is 3.23. The van der Waals surface area contributed by atoms with Gasteiger partial charge in [-0.15, -0.1) is 0 Å². The van der Waals surface area contributed by atoms with Gasteiger partial charge in [0.15, 0.2) is 0 Å². The molecule has 0 saturated carbocycles. The molecule has 1 aromatic carbocycles. The first-order valence-corrected chi connectivity index (χ1v) is 6.13. The average Bonchev–Trinajstić information content (AvgIpc) is 2.67. The number of amides is 1. The first-order chi connectivity index (χ1) is 8.47. The molecule has 2 atom stereocenters. The number of carbonyl (C=O) groups is 1. The summed E-state index contributed by atoms with van der Waals surface area (Å²) in [5.41, 5.74) is 8.71. The van der Waals surface area contributed by atoms with Crippen molar-refractivity contribution in [2.24, 2.45) is 11.7 Å². The van der Waals surface area contributed by atoms with Crippen LogP contribution in [0.25, 0.3) is 10.9 Å². The minimum absolute atomic E-state index is 0.0448. The van der Waals surface area contributed by atoms with E-state index in [1.54, 1.807) is 0 Å². The molecule has 0 spiro atoms. The molecule has 1 amide bonds. The maximum atomic E-state index is 11.9. The number of hydrogen-bond acceptors (Lipinski definition) is 2. The molecular weight excluding hydrogens is 226 g/mol. The molecule has 96 valence electrons. The number of aromatic amines is 1. The molecule has 0 radical (unpaired) electrons. The van der Waals surface area contributed by atoms with Gasteiger partial charge in [-0.1, -0.05) is 6.92 Å². The van der Waals surface area contributed by atoms with Crippen molar-refractivity contribution in [2.45, 2.75) is 26.8 Å². The minimum Gasteiger partial charge on any atom is -0.359 e. The van der Waals surface area contributed by atoms with E-state index < -0.39 is 0 Å². The summed E-state index contributed by atoms with van der Waals surface area (Å²) >= 11 is 0. The van der Waals surface area contributed by atoms with Crippen LogP contribution in [0.15, 0.2) is 24.3 Å². The zero-order valence-corrected chi connectivity index (χ0v) is 10.9. The topological polar surface area (TPSA) is 70.9 Å². The number of carbonyl (C=O) groups excluding carboxylic acids is 1. The van der Waals surface area contributed by atoms with Crippen molar-refractivity contribution in [3.63, 3.8) is 0 Å². The minimum atomic E-state index is -0.200. The van der Waals surface area contributed by atoms with E-state index in [4.69, 9.17) is 5.73 Å². The Morgan fingerprint density at radius 3 is 2.72 bits per heavy atom. The van der Waals surface area contributed by atoms with Crippen LogP contribution in [-0.4, -0.2) is 16.9 Å². The number of aryl methyl sites for hydroxylation is 1. The first-order valence-electron chi connectivity index (χ1n) is 6.13. The first kappa shape index (κ1) is 12.6. The van der Waals surface area contributed by atoms with Gasteiger partial charge < -0.3 is 16.0 Å². The van der Waals surface area contributed by atoms with Crippen molar-refractivity contribution in [1.29, 1.82) is 0 Å². The van der Waals surface area contributed by atoms with Gasteiger partial charge in [0.25, 0.3) is 0 Å². The predicted molar refractivity (Wildman–Crippen MR) is 74.5 cm³/mol. The van der Waals surface area contributed by atoms with Gasteiger partial charge in [-0.3, -0.25) is 4.79 Å². The van der Waals surface area contributed by atoms with E-state index in [-0.39, 0.29) is 17.9 Å². The number of benzene rings is 1. The van der Waals surface area contributed by atoms with Gasteiger partial charge >= 0.3 is 0 Å². The summed E-state index contributed by atoms with van der Waals surface area (Å²) in [6.07, 6.45) is 0. The zero-order chi connectivity index (χ0) is 13.3. The van der Waals surface area contributed by atoms with Crippen LogP contribution in [0, 0.1) is 12.8 Å². The lowest BCUT2D eigenvalue weighted by atomic mass is 10.0. The second kappa shape index (κ2) is 4.82. The smallest absolute Gasteiger partial charge is 0.228 e. The molecular formula is C14H19N3O. The summed E-state index contributed by atoms with van der Waals surface area (Å²) in [5, 5.41) is 3.99. The Bertz CT molecular complexity index is 571. The van der Waals surface area contributed by atoms with Crippen molar-refractivity contribution >= 4 is 22.5 Å². The Kier molecular flexibility index (Phi) is 3.39. The Balaban J connectivity index is 2.19. The lowest BCUT2D eigenvalue weighted by molar-refractivity contribution is -0.119. The molecule has 4 N–H and O–H groups in total. The van der Waals surface area contributed by atoms with Crippen molar-refractivity contribution in [1.82, 2.24) is 4.98 Å². The lowest BCUT2D eigenvalue weighted by Gasteiger charge is -2.15.